The first kappa shape index (κ1) is 26.5. The summed E-state index contributed by atoms with van der Waals surface area (Å²) in [5, 5.41) is 10.2. The minimum Gasteiger partial charge on any atom is -0.471 e. The van der Waals surface area contributed by atoms with Crippen LogP contribution in [0.25, 0.3) is 0 Å². The summed E-state index contributed by atoms with van der Waals surface area (Å²) < 4.78 is 37.9. The fourth-order valence-corrected chi connectivity index (χ4v) is 1.72. The molecule has 0 aliphatic heterocycles. The van der Waals surface area contributed by atoms with Crippen molar-refractivity contribution >= 4 is 0 Å². The Hall–Kier alpha value is -0.410. The largest absolute Gasteiger partial charge is 0.471 e. The van der Waals surface area contributed by atoms with Gasteiger partial charge >= 0.3 is 0 Å². The van der Waals surface area contributed by atoms with Crippen molar-refractivity contribution in [2.75, 3.05) is 0 Å². The fourth-order valence-electron chi connectivity index (χ4n) is 1.72. The summed E-state index contributed by atoms with van der Waals surface area (Å²) in [7, 11) is -4.69. The van der Waals surface area contributed by atoms with Crippen LogP contribution in [0.4, 0.5) is 0 Å². The minimum absolute atomic E-state index is 0. The van der Waals surface area contributed by atoms with Gasteiger partial charge in [-0.1, -0.05) is 59.5 Å². The number of hydrogen-bond donors (Lipinski definition) is 3. The molecule has 0 aromatic rings. The standard InChI is InChI=1S/C14H28O2.ClHO4.H3N/c1-6-8-9-10-11-12-13(3,4)14(5,15)16-7-2;2-1(3,4)5;/h7,15H,2,6,8-12H2,1,3-5H3;(H,2,3,4,5);1H3. The first-order chi connectivity index (χ1) is 9.37. The van der Waals surface area contributed by atoms with E-state index in [9.17, 15) is 5.11 Å². The molecule has 0 heterocycles. The van der Waals surface area contributed by atoms with Gasteiger partial charge in [0.05, 0.1) is 21.2 Å². The molecular formula is C14H32ClNO6. The zero-order valence-corrected chi connectivity index (χ0v) is 14.9. The monoisotopic (exact) mass is 345 g/mol. The average Bonchev–Trinajstić information content (AvgIpc) is 2.26. The van der Waals surface area contributed by atoms with Crippen molar-refractivity contribution in [1.29, 1.82) is 0 Å². The van der Waals surface area contributed by atoms with Gasteiger partial charge in [-0.2, -0.15) is 14.0 Å². The molecule has 136 valence electrons. The highest BCUT2D eigenvalue weighted by Crippen LogP contribution is 2.37. The second-order valence-corrected chi connectivity index (χ2v) is 6.50. The van der Waals surface area contributed by atoms with E-state index >= 15 is 0 Å². The Morgan fingerprint density at radius 3 is 1.86 bits per heavy atom. The summed E-state index contributed by atoms with van der Waals surface area (Å²) in [6, 6.07) is 0. The molecule has 0 bridgehead atoms. The molecule has 8 heteroatoms. The molecule has 22 heavy (non-hydrogen) atoms. The molecule has 1 atom stereocenters. The Morgan fingerprint density at radius 1 is 1.09 bits per heavy atom. The lowest BCUT2D eigenvalue weighted by molar-refractivity contribution is -1.92. The van der Waals surface area contributed by atoms with Crippen LogP contribution < -0.4 is 20.1 Å². The Kier molecular flexibility index (Phi) is 14.5. The number of rotatable bonds is 9. The Bertz CT molecular complexity index is 273. The molecule has 0 saturated heterocycles. The molecule has 0 aromatic heterocycles. The second-order valence-electron chi connectivity index (χ2n) is 5.71. The van der Waals surface area contributed by atoms with Crippen molar-refractivity contribution in [2.45, 2.75) is 72.0 Å². The van der Waals surface area contributed by atoms with E-state index in [1.54, 1.807) is 6.92 Å². The molecule has 0 spiro atoms. The van der Waals surface area contributed by atoms with Crippen LogP contribution in [-0.4, -0.2) is 15.6 Å². The fraction of sp³-hybridized carbons (Fsp3) is 0.857. The van der Waals surface area contributed by atoms with Crippen LogP contribution in [0.1, 0.15) is 66.2 Å². The first-order valence-electron chi connectivity index (χ1n) is 7.01. The third-order valence-corrected chi connectivity index (χ3v) is 3.47. The molecule has 1 unspecified atom stereocenters. The molecule has 0 aromatic carbocycles. The average molecular weight is 346 g/mol. The van der Waals surface area contributed by atoms with Crippen molar-refractivity contribution in [3.05, 3.63) is 12.8 Å². The van der Waals surface area contributed by atoms with Crippen LogP contribution in [-0.2, 0) is 4.74 Å². The highest BCUT2D eigenvalue weighted by atomic mass is 35.7. The maximum atomic E-state index is 10.2. The third kappa shape index (κ3) is 16.0. The lowest BCUT2D eigenvalue weighted by Crippen LogP contribution is -2.58. The molecule has 7 nitrogen and oxygen atoms in total. The predicted octanol–water partition coefficient (Wildman–Crippen LogP) is 0.280. The molecule has 0 aliphatic carbocycles. The molecular weight excluding hydrogens is 314 g/mol. The third-order valence-electron chi connectivity index (χ3n) is 3.47. The Labute approximate surface area is 135 Å². The van der Waals surface area contributed by atoms with Crippen molar-refractivity contribution < 1.29 is 38.7 Å². The topological polar surface area (TPSA) is 154 Å². The van der Waals surface area contributed by atoms with Crippen LogP contribution in [0.2, 0.25) is 0 Å². The van der Waals surface area contributed by atoms with Crippen LogP contribution in [0, 0.1) is 15.7 Å². The summed E-state index contributed by atoms with van der Waals surface area (Å²) in [5.74, 6) is -1.13. The lowest BCUT2D eigenvalue weighted by atomic mass is 9.79. The van der Waals surface area contributed by atoms with Crippen molar-refractivity contribution in [3.8, 4) is 0 Å². The minimum atomic E-state index is -4.69. The number of aliphatic hydroxyl groups is 1. The maximum Gasteiger partial charge on any atom is 0.209 e. The van der Waals surface area contributed by atoms with Crippen molar-refractivity contribution in [1.82, 2.24) is 6.15 Å². The van der Waals surface area contributed by atoms with E-state index in [1.165, 1.54) is 31.9 Å². The lowest BCUT2D eigenvalue weighted by Gasteiger charge is -2.38. The van der Waals surface area contributed by atoms with Gasteiger partial charge in [0, 0.05) is 12.3 Å². The summed E-state index contributed by atoms with van der Waals surface area (Å²) >= 11 is 0. The van der Waals surface area contributed by atoms with Crippen LogP contribution in [0.15, 0.2) is 12.8 Å². The highest BCUT2D eigenvalue weighted by molar-refractivity contribution is 4.83. The molecule has 0 fully saturated rings. The Balaban J connectivity index is -0.000000520. The molecule has 0 aliphatic rings. The quantitative estimate of drug-likeness (QED) is 0.308. The van der Waals surface area contributed by atoms with E-state index in [4.69, 9.17) is 23.4 Å². The predicted molar refractivity (Wildman–Crippen MR) is 76.3 cm³/mol. The first-order valence-corrected chi connectivity index (χ1v) is 8.28. The number of ether oxygens (including phenoxy) is 1. The SMILES string of the molecule is C=COC(C)(O)C(C)(C)CCCCCCC.N.[O-][Cl+3]([O-])([O-])O. The number of halogens is 1. The van der Waals surface area contributed by atoms with Crippen molar-refractivity contribution in [3.63, 3.8) is 0 Å². The van der Waals surface area contributed by atoms with Gasteiger partial charge in [0.2, 0.25) is 5.79 Å². The van der Waals surface area contributed by atoms with Gasteiger partial charge in [0.15, 0.2) is 0 Å². The van der Waals surface area contributed by atoms with Gasteiger partial charge in [-0.25, -0.2) is 0 Å². The Morgan fingerprint density at radius 2 is 1.50 bits per heavy atom. The zero-order chi connectivity index (χ0) is 17.2. The highest BCUT2D eigenvalue weighted by Gasteiger charge is 2.40. The number of unbranched alkanes of at least 4 members (excludes halogenated alkanes) is 4. The zero-order valence-electron chi connectivity index (χ0n) is 14.1. The summed E-state index contributed by atoms with van der Waals surface area (Å²) in [6.07, 6.45) is 8.53. The van der Waals surface area contributed by atoms with E-state index in [0.29, 0.717) is 0 Å². The van der Waals surface area contributed by atoms with E-state index in [2.05, 4.69) is 13.5 Å². The second kappa shape index (κ2) is 12.1. The molecule has 0 amide bonds. The van der Waals surface area contributed by atoms with Crippen molar-refractivity contribution in [2.24, 2.45) is 5.41 Å². The van der Waals surface area contributed by atoms with Crippen LogP contribution in [0.3, 0.4) is 0 Å². The van der Waals surface area contributed by atoms with E-state index in [0.717, 1.165) is 12.8 Å². The maximum absolute atomic E-state index is 10.2. The van der Waals surface area contributed by atoms with E-state index < -0.39 is 16.0 Å². The smallest absolute Gasteiger partial charge is 0.209 e. The van der Waals surface area contributed by atoms with Gasteiger partial charge in [-0.3, -0.25) is 0 Å². The molecule has 0 radical (unpaired) electrons. The summed E-state index contributed by atoms with van der Waals surface area (Å²) in [4.78, 5) is 0. The van der Waals surface area contributed by atoms with Gasteiger partial charge in [-0.15, -0.1) is 0 Å². The van der Waals surface area contributed by atoms with Gasteiger partial charge in [0.25, 0.3) is 0 Å². The number of hydrogen-bond acceptors (Lipinski definition) is 7. The van der Waals surface area contributed by atoms with Gasteiger partial charge in [0.1, 0.15) is 0 Å². The molecule has 0 rings (SSSR count). The van der Waals surface area contributed by atoms with Crippen LogP contribution in [0.5, 0.6) is 0 Å². The summed E-state index contributed by atoms with van der Waals surface area (Å²) in [6.45, 7) is 11.5. The van der Waals surface area contributed by atoms with Gasteiger partial charge in [-0.05, 0) is 6.42 Å². The summed E-state index contributed by atoms with van der Waals surface area (Å²) in [5.41, 5.74) is -0.243. The van der Waals surface area contributed by atoms with Gasteiger partial charge < -0.3 is 16.0 Å². The normalized spacial score (nSPS) is 14.0. The van der Waals surface area contributed by atoms with E-state index in [-0.39, 0.29) is 11.6 Å². The van der Waals surface area contributed by atoms with E-state index in [1.807, 2.05) is 13.8 Å². The molecule has 5 N–H and O–H groups in total. The molecule has 0 saturated carbocycles. The van der Waals surface area contributed by atoms with Crippen LogP contribution >= 0.6 is 0 Å².